The molecule has 1 nitrogen and oxygen atoms in total. The van der Waals surface area contributed by atoms with Gasteiger partial charge in [-0.3, -0.25) is 0 Å². The molecule has 2 heteroatoms. The quantitative estimate of drug-likeness (QED) is 0.666. The molecule has 0 aliphatic heterocycles. The van der Waals surface area contributed by atoms with Crippen LogP contribution in [0.1, 0.15) is 13.8 Å². The molecular weight excluding hydrogens is 203 g/mol. The van der Waals surface area contributed by atoms with Crippen molar-refractivity contribution in [3.05, 3.63) is 0 Å². The molecule has 0 saturated carbocycles. The van der Waals surface area contributed by atoms with E-state index in [4.69, 9.17) is 1.70 Å². The summed E-state index contributed by atoms with van der Waals surface area (Å²) in [6.07, 6.45) is 0. The molecule has 0 unspecified atom stereocenters. The Labute approximate surface area is 62.0 Å². The fraction of sp³-hybridized carbons (Fsp3) is 1.00. The van der Waals surface area contributed by atoms with Crippen molar-refractivity contribution >= 4 is 0 Å². The monoisotopic (exact) mass is 212 g/mol. The number of hydrogen-bond donors (Lipinski definition) is 0. The molecule has 0 aliphatic carbocycles. The summed E-state index contributed by atoms with van der Waals surface area (Å²) in [4.78, 5) is 0. The first-order chi connectivity index (χ1) is 2.77. The second-order valence-corrected chi connectivity index (χ2v) is 2.77. The van der Waals surface area contributed by atoms with E-state index in [1.54, 1.807) is 0 Å². The summed E-state index contributed by atoms with van der Waals surface area (Å²) in [7, 11) is 0. The van der Waals surface area contributed by atoms with Gasteiger partial charge < -0.3 is 0 Å². The summed E-state index contributed by atoms with van der Waals surface area (Å²) in [6.45, 7) is 5.26. The molecule has 0 bridgehead atoms. The third kappa shape index (κ3) is 5.15. The summed E-state index contributed by atoms with van der Waals surface area (Å²) in [6, 6.07) is 0. The van der Waals surface area contributed by atoms with Crippen molar-refractivity contribution in [2.45, 2.75) is 13.8 Å². The summed E-state index contributed by atoms with van der Waals surface area (Å²) < 4.78 is 4.97. The predicted molar refractivity (Wildman–Crippen MR) is 20.8 cm³/mol. The van der Waals surface area contributed by atoms with Crippen molar-refractivity contribution < 1.29 is 36.0 Å². The Kier molecular flexibility index (Phi) is 5.15. The van der Waals surface area contributed by atoms with Crippen LogP contribution in [0.5, 0.6) is 0 Å². The predicted octanol–water partition coefficient (Wildman–Crippen LogP) is 1.12. The van der Waals surface area contributed by atoms with Gasteiger partial charge in [0.25, 0.3) is 0 Å². The van der Waals surface area contributed by atoms with Gasteiger partial charge in [-0.05, 0) is 0 Å². The van der Waals surface area contributed by atoms with E-state index in [1.165, 1.54) is 0 Å². The van der Waals surface area contributed by atoms with E-state index in [9.17, 15) is 0 Å². The first-order valence-corrected chi connectivity index (χ1v) is 3.57. The van der Waals surface area contributed by atoms with E-state index < -0.39 is 0 Å². The molecule has 0 aliphatic rings. The minimum absolute atomic E-state index is 0.718. The SMILES string of the molecule is CC(C)C[O][La]. The van der Waals surface area contributed by atoms with Gasteiger partial charge in [-0.2, -0.15) is 0 Å². The molecule has 0 N–H and O–H groups in total. The van der Waals surface area contributed by atoms with E-state index in [2.05, 4.69) is 13.8 Å². The first kappa shape index (κ1) is 7.15. The topological polar surface area (TPSA) is 9.23 Å². The second kappa shape index (κ2) is 4.32. The maximum absolute atomic E-state index is 4.97. The first-order valence-electron chi connectivity index (χ1n) is 2.09. The van der Waals surface area contributed by atoms with Crippen LogP contribution in [0.15, 0.2) is 0 Å². The van der Waals surface area contributed by atoms with Gasteiger partial charge in [-0.25, -0.2) is 0 Å². The molecule has 0 radical (unpaired) electrons. The molecular formula is C4H9LaO. The summed E-state index contributed by atoms with van der Waals surface area (Å²) in [5.74, 6) is 0.718. The van der Waals surface area contributed by atoms with Gasteiger partial charge in [0, 0.05) is 0 Å². The average molecular weight is 212 g/mol. The Morgan fingerprint density at radius 3 is 2.17 bits per heavy atom. The molecule has 6 heavy (non-hydrogen) atoms. The van der Waals surface area contributed by atoms with Gasteiger partial charge in [0.1, 0.15) is 0 Å². The Hall–Kier alpha value is 1.15. The van der Waals surface area contributed by atoms with Crippen LogP contribution in [0.2, 0.25) is 0 Å². The normalized spacial score (nSPS) is 9.67. The van der Waals surface area contributed by atoms with Crippen LogP contribution in [0.3, 0.4) is 0 Å². The van der Waals surface area contributed by atoms with Gasteiger partial charge >= 0.3 is 62.3 Å². The molecule has 0 rings (SSSR count). The summed E-state index contributed by atoms with van der Waals surface area (Å²) >= 11 is 0.720. The van der Waals surface area contributed by atoms with Crippen LogP contribution in [-0.4, -0.2) is 6.61 Å². The van der Waals surface area contributed by atoms with E-state index in [0.29, 0.717) is 0 Å². The molecule has 0 amide bonds. The Morgan fingerprint density at radius 1 is 1.67 bits per heavy atom. The zero-order valence-corrected chi connectivity index (χ0v) is 7.90. The molecule has 0 atom stereocenters. The van der Waals surface area contributed by atoms with Gasteiger partial charge in [0.2, 0.25) is 0 Å². The van der Waals surface area contributed by atoms with E-state index in [1.807, 2.05) is 0 Å². The molecule has 0 saturated heterocycles. The molecule has 0 aromatic heterocycles. The minimum atomic E-state index is 0.718. The molecule has 0 spiro atoms. The fourth-order valence-electron chi connectivity index (χ4n) is 0.192. The standard InChI is InChI=1S/C4H9O.La/c1-4(2)3-5;/h4H,3H2,1-2H3;/q-1;+1. The number of rotatable bonds is 2. The average Bonchev–Trinajstić information content (AvgIpc) is 1.35. The Morgan fingerprint density at radius 2 is 2.17 bits per heavy atom. The maximum atomic E-state index is 4.97. The van der Waals surface area contributed by atoms with Gasteiger partial charge in [-0.15, -0.1) is 0 Å². The van der Waals surface area contributed by atoms with Crippen LogP contribution in [0.4, 0.5) is 0 Å². The third-order valence-electron chi connectivity index (χ3n) is 0.430. The van der Waals surface area contributed by atoms with E-state index in [0.717, 1.165) is 46.8 Å². The molecule has 0 fully saturated rings. The third-order valence-corrected chi connectivity index (χ3v) is 1.03. The van der Waals surface area contributed by atoms with Crippen LogP contribution in [0.25, 0.3) is 0 Å². The van der Waals surface area contributed by atoms with Crippen LogP contribution < -0.4 is 0 Å². The van der Waals surface area contributed by atoms with Crippen molar-refractivity contribution in [3.8, 4) is 0 Å². The molecule has 0 aromatic rings. The van der Waals surface area contributed by atoms with E-state index in [-0.39, 0.29) is 0 Å². The van der Waals surface area contributed by atoms with Crippen molar-refractivity contribution in [1.82, 2.24) is 0 Å². The summed E-state index contributed by atoms with van der Waals surface area (Å²) in [5.41, 5.74) is 0. The second-order valence-electron chi connectivity index (χ2n) is 1.73. The molecule has 34 valence electrons. The Balaban J connectivity index is 2.63. The fourth-order valence-corrected chi connectivity index (χ4v) is 1.40. The van der Waals surface area contributed by atoms with Crippen molar-refractivity contribution in [2.24, 2.45) is 5.92 Å². The van der Waals surface area contributed by atoms with Gasteiger partial charge in [0.05, 0.1) is 0 Å². The van der Waals surface area contributed by atoms with Crippen LogP contribution in [0, 0.1) is 40.2 Å². The molecule has 0 aromatic carbocycles. The van der Waals surface area contributed by atoms with Crippen LogP contribution in [-0.2, 0) is 1.70 Å². The van der Waals surface area contributed by atoms with E-state index >= 15 is 0 Å². The summed E-state index contributed by atoms with van der Waals surface area (Å²) in [5, 5.41) is 0. The van der Waals surface area contributed by atoms with Crippen molar-refractivity contribution in [1.29, 1.82) is 0 Å². The Bertz CT molecular complexity index is 28.7. The molecule has 0 heterocycles. The van der Waals surface area contributed by atoms with Gasteiger partial charge in [0.15, 0.2) is 0 Å². The zero-order chi connectivity index (χ0) is 4.99. The van der Waals surface area contributed by atoms with Crippen molar-refractivity contribution in [2.75, 3.05) is 6.61 Å². The van der Waals surface area contributed by atoms with Gasteiger partial charge in [-0.1, -0.05) is 0 Å². The van der Waals surface area contributed by atoms with Crippen LogP contribution >= 0.6 is 0 Å². The number of hydrogen-bond acceptors (Lipinski definition) is 1. The zero-order valence-electron chi connectivity index (χ0n) is 4.27. The van der Waals surface area contributed by atoms with Crippen molar-refractivity contribution in [3.63, 3.8) is 0 Å².